The van der Waals surface area contributed by atoms with E-state index in [4.69, 9.17) is 16.3 Å². The summed E-state index contributed by atoms with van der Waals surface area (Å²) < 4.78 is 6.75. The van der Waals surface area contributed by atoms with Crippen molar-refractivity contribution >= 4 is 23.5 Å². The lowest BCUT2D eigenvalue weighted by atomic mass is 9.95. The van der Waals surface area contributed by atoms with Crippen LogP contribution in [0.15, 0.2) is 24.3 Å². The Morgan fingerprint density at radius 1 is 1.14 bits per heavy atom. The van der Waals surface area contributed by atoms with Crippen LogP contribution in [0, 0.1) is 0 Å². The van der Waals surface area contributed by atoms with Crippen molar-refractivity contribution in [2.24, 2.45) is 0 Å². The number of aromatic nitrogens is 3. The number of nitrogens with one attached hydrogen (secondary N) is 1. The van der Waals surface area contributed by atoms with Crippen LogP contribution >= 0.6 is 11.6 Å². The molecule has 0 radical (unpaired) electrons. The molecule has 1 aromatic heterocycles. The largest absolute Gasteiger partial charge is 0.450 e. The second kappa shape index (κ2) is 8.31. The van der Waals surface area contributed by atoms with Gasteiger partial charge in [0, 0.05) is 12.0 Å². The number of hydrogen-bond acceptors (Lipinski definition) is 5. The van der Waals surface area contributed by atoms with E-state index >= 15 is 0 Å². The van der Waals surface area contributed by atoms with Crippen LogP contribution in [0.3, 0.4) is 0 Å². The van der Waals surface area contributed by atoms with Gasteiger partial charge in [0.2, 0.25) is 0 Å². The molecule has 2 aliphatic carbocycles. The van der Waals surface area contributed by atoms with Crippen LogP contribution in [0.1, 0.15) is 67.3 Å². The molecule has 0 bridgehead atoms. The van der Waals surface area contributed by atoms with Crippen molar-refractivity contribution in [2.45, 2.75) is 56.9 Å². The quantitative estimate of drug-likeness (QED) is 0.748. The SMILES string of the molecule is O=C(COC(=O)c1nc(C2CC2)n(-c2ccccc2Cl)n1)NC1CCCCC1. The van der Waals surface area contributed by atoms with E-state index in [9.17, 15) is 9.59 Å². The predicted molar refractivity (Wildman–Crippen MR) is 104 cm³/mol. The monoisotopic (exact) mass is 402 g/mol. The number of hydrogen-bond donors (Lipinski definition) is 1. The highest BCUT2D eigenvalue weighted by Crippen LogP contribution is 2.40. The van der Waals surface area contributed by atoms with Crippen LogP contribution in [-0.2, 0) is 9.53 Å². The molecule has 0 saturated heterocycles. The maximum absolute atomic E-state index is 12.4. The number of rotatable bonds is 6. The molecule has 148 valence electrons. The Labute approximate surface area is 168 Å². The third-order valence-electron chi connectivity index (χ3n) is 5.14. The highest BCUT2D eigenvalue weighted by atomic mass is 35.5. The van der Waals surface area contributed by atoms with Crippen molar-refractivity contribution in [1.29, 1.82) is 0 Å². The van der Waals surface area contributed by atoms with Gasteiger partial charge in [0.15, 0.2) is 6.61 Å². The van der Waals surface area contributed by atoms with Gasteiger partial charge in [-0.05, 0) is 37.8 Å². The molecule has 2 fully saturated rings. The van der Waals surface area contributed by atoms with Gasteiger partial charge in [0.1, 0.15) is 5.82 Å². The third-order valence-corrected chi connectivity index (χ3v) is 5.46. The molecule has 28 heavy (non-hydrogen) atoms. The van der Waals surface area contributed by atoms with Crippen LogP contribution in [0.5, 0.6) is 0 Å². The van der Waals surface area contributed by atoms with Gasteiger partial charge in [0.05, 0.1) is 10.7 Å². The lowest BCUT2D eigenvalue weighted by molar-refractivity contribution is -0.125. The summed E-state index contributed by atoms with van der Waals surface area (Å²) in [6, 6.07) is 7.46. The van der Waals surface area contributed by atoms with Gasteiger partial charge in [-0.1, -0.05) is 43.0 Å². The molecule has 7 nitrogen and oxygen atoms in total. The summed E-state index contributed by atoms with van der Waals surface area (Å²) in [5.41, 5.74) is 0.674. The number of ether oxygens (including phenoxy) is 1. The number of amides is 1. The minimum Gasteiger partial charge on any atom is -0.450 e. The molecule has 2 aromatic rings. The average molecular weight is 403 g/mol. The van der Waals surface area contributed by atoms with Crippen molar-refractivity contribution in [3.8, 4) is 5.69 Å². The molecule has 0 atom stereocenters. The van der Waals surface area contributed by atoms with E-state index in [1.54, 1.807) is 10.7 Å². The second-order valence-corrected chi connectivity index (χ2v) is 7.82. The Morgan fingerprint density at radius 2 is 1.89 bits per heavy atom. The number of carbonyl (C=O) groups is 2. The topological polar surface area (TPSA) is 86.1 Å². The van der Waals surface area contributed by atoms with Crippen LogP contribution in [-0.4, -0.2) is 39.3 Å². The first kappa shape index (κ1) is 18.9. The minimum absolute atomic E-state index is 0.0488. The van der Waals surface area contributed by atoms with Crippen molar-refractivity contribution in [1.82, 2.24) is 20.1 Å². The van der Waals surface area contributed by atoms with Crippen LogP contribution in [0.25, 0.3) is 5.69 Å². The van der Waals surface area contributed by atoms with Crippen molar-refractivity contribution in [3.63, 3.8) is 0 Å². The lowest BCUT2D eigenvalue weighted by Crippen LogP contribution is -2.38. The molecule has 1 aromatic carbocycles. The summed E-state index contributed by atoms with van der Waals surface area (Å²) in [5, 5.41) is 7.76. The molecule has 0 aliphatic heterocycles. The van der Waals surface area contributed by atoms with E-state index in [1.807, 2.05) is 18.2 Å². The van der Waals surface area contributed by atoms with Crippen LogP contribution in [0.4, 0.5) is 0 Å². The van der Waals surface area contributed by atoms with E-state index in [2.05, 4.69) is 15.4 Å². The number of benzene rings is 1. The van der Waals surface area contributed by atoms with Gasteiger partial charge in [0.25, 0.3) is 11.7 Å². The Morgan fingerprint density at radius 3 is 2.61 bits per heavy atom. The van der Waals surface area contributed by atoms with Gasteiger partial charge in [-0.25, -0.2) is 14.5 Å². The fourth-order valence-electron chi connectivity index (χ4n) is 3.53. The van der Waals surface area contributed by atoms with E-state index in [0.29, 0.717) is 16.5 Å². The molecule has 0 unspecified atom stereocenters. The number of nitrogens with zero attached hydrogens (tertiary/aromatic N) is 3. The van der Waals surface area contributed by atoms with Crippen LogP contribution < -0.4 is 5.32 Å². The highest BCUT2D eigenvalue weighted by Gasteiger charge is 2.32. The molecule has 0 spiro atoms. The molecule has 1 heterocycles. The standard InChI is InChI=1S/C20H23ClN4O3/c21-15-8-4-5-9-16(15)25-19(13-10-11-13)23-18(24-25)20(27)28-12-17(26)22-14-6-2-1-3-7-14/h4-5,8-9,13-14H,1-3,6-7,10-12H2,(H,22,26). The summed E-state index contributed by atoms with van der Waals surface area (Å²) in [6.45, 7) is -0.325. The molecule has 8 heteroatoms. The highest BCUT2D eigenvalue weighted by molar-refractivity contribution is 6.32. The van der Waals surface area contributed by atoms with Gasteiger partial charge in [-0.15, -0.1) is 5.10 Å². The zero-order valence-corrected chi connectivity index (χ0v) is 16.3. The third kappa shape index (κ3) is 4.35. The van der Waals surface area contributed by atoms with Gasteiger partial charge in [-0.2, -0.15) is 0 Å². The molecular weight excluding hydrogens is 380 g/mol. The van der Waals surface area contributed by atoms with Gasteiger partial charge >= 0.3 is 5.97 Å². The molecule has 1 N–H and O–H groups in total. The first-order valence-corrected chi connectivity index (χ1v) is 10.2. The van der Waals surface area contributed by atoms with E-state index in [0.717, 1.165) is 38.5 Å². The first-order chi connectivity index (χ1) is 13.6. The fraction of sp³-hybridized carbons (Fsp3) is 0.500. The number of carbonyl (C=O) groups excluding carboxylic acids is 2. The maximum Gasteiger partial charge on any atom is 0.378 e. The number of para-hydroxylation sites is 1. The van der Waals surface area contributed by atoms with E-state index < -0.39 is 5.97 Å². The van der Waals surface area contributed by atoms with Crippen molar-refractivity contribution < 1.29 is 14.3 Å². The molecular formula is C20H23ClN4O3. The number of halogens is 1. The minimum atomic E-state index is -0.702. The fourth-order valence-corrected chi connectivity index (χ4v) is 3.74. The molecule has 1 amide bonds. The van der Waals surface area contributed by atoms with Gasteiger partial charge < -0.3 is 10.1 Å². The van der Waals surface area contributed by atoms with Crippen molar-refractivity contribution in [3.05, 3.63) is 40.9 Å². The Hall–Kier alpha value is -2.41. The van der Waals surface area contributed by atoms with Crippen LogP contribution in [0.2, 0.25) is 5.02 Å². The normalized spacial score (nSPS) is 17.3. The molecule has 4 rings (SSSR count). The predicted octanol–water partition coefficient (Wildman–Crippen LogP) is 3.40. The Bertz CT molecular complexity index is 872. The van der Waals surface area contributed by atoms with Gasteiger partial charge in [-0.3, -0.25) is 4.79 Å². The second-order valence-electron chi connectivity index (χ2n) is 7.41. The van der Waals surface area contributed by atoms with E-state index in [-0.39, 0.29) is 30.3 Å². The summed E-state index contributed by atoms with van der Waals surface area (Å²) in [4.78, 5) is 28.8. The lowest BCUT2D eigenvalue weighted by Gasteiger charge is -2.22. The summed E-state index contributed by atoms with van der Waals surface area (Å²) in [6.07, 6.45) is 7.42. The number of esters is 1. The smallest absolute Gasteiger partial charge is 0.378 e. The maximum atomic E-state index is 12.4. The summed E-state index contributed by atoms with van der Waals surface area (Å²) in [5.74, 6) is -0.0707. The summed E-state index contributed by atoms with van der Waals surface area (Å²) in [7, 11) is 0. The Kier molecular flexibility index (Phi) is 5.62. The zero-order chi connectivity index (χ0) is 19.5. The van der Waals surface area contributed by atoms with E-state index in [1.165, 1.54) is 6.42 Å². The molecule has 2 saturated carbocycles. The molecule has 2 aliphatic rings. The van der Waals surface area contributed by atoms with Crippen molar-refractivity contribution in [2.75, 3.05) is 6.61 Å². The first-order valence-electron chi connectivity index (χ1n) is 9.80. The summed E-state index contributed by atoms with van der Waals surface area (Å²) >= 11 is 6.28. The zero-order valence-electron chi connectivity index (χ0n) is 15.6. The Balaban J connectivity index is 1.42. The average Bonchev–Trinajstić information content (AvgIpc) is 3.46.